The first-order chi connectivity index (χ1) is 9.34. The van der Waals surface area contributed by atoms with E-state index in [1.165, 1.54) is 12.1 Å². The van der Waals surface area contributed by atoms with E-state index < -0.39 is 29.1 Å². The summed E-state index contributed by atoms with van der Waals surface area (Å²) in [6.45, 7) is 1.57. The summed E-state index contributed by atoms with van der Waals surface area (Å²) in [6.07, 6.45) is -1.40. The molecule has 0 spiro atoms. The van der Waals surface area contributed by atoms with Crippen molar-refractivity contribution in [2.45, 2.75) is 13.0 Å². The minimum atomic E-state index is -1.40. The van der Waals surface area contributed by atoms with Crippen LogP contribution in [0.15, 0.2) is 12.1 Å². The monoisotopic (exact) mass is 276 g/mol. The maximum absolute atomic E-state index is 10.2. The molecule has 0 amide bonds. The molecule has 6 nitrogen and oxygen atoms in total. The van der Waals surface area contributed by atoms with E-state index in [2.05, 4.69) is 0 Å². The maximum atomic E-state index is 10.2. The average molecular weight is 276 g/mol. The zero-order valence-corrected chi connectivity index (χ0v) is 10.4. The Kier molecular flexibility index (Phi) is 2.30. The molecule has 0 aliphatic heterocycles. The second-order valence-corrected chi connectivity index (χ2v) is 4.81. The molecule has 0 radical (unpaired) electrons. The maximum Gasteiger partial charge on any atom is 0.200 e. The summed E-state index contributed by atoms with van der Waals surface area (Å²) in [5, 5.41) is 58.8. The molecular weight excluding hydrogens is 264 g/mol. The molecular formula is C14H12O6. The van der Waals surface area contributed by atoms with Gasteiger partial charge in [-0.2, -0.15) is 0 Å². The number of hydrogen-bond donors (Lipinski definition) is 6. The van der Waals surface area contributed by atoms with Crippen molar-refractivity contribution in [3.63, 3.8) is 0 Å². The molecule has 2 aromatic rings. The summed E-state index contributed by atoms with van der Waals surface area (Å²) in [7, 11) is 0. The normalized spacial score (nSPS) is 16.0. The molecule has 104 valence electrons. The molecule has 1 aliphatic carbocycles. The predicted octanol–water partition coefficient (Wildman–Crippen LogP) is 1.59. The number of fused-ring (bicyclic) bond motifs is 3. The van der Waals surface area contributed by atoms with Crippen molar-refractivity contribution in [2.75, 3.05) is 0 Å². The summed E-state index contributed by atoms with van der Waals surface area (Å²) in [6, 6.07) is 2.71. The van der Waals surface area contributed by atoms with E-state index in [1.807, 2.05) is 0 Å². The van der Waals surface area contributed by atoms with Crippen LogP contribution >= 0.6 is 0 Å². The average Bonchev–Trinajstić information content (AvgIpc) is 2.66. The molecule has 6 heteroatoms. The van der Waals surface area contributed by atoms with Gasteiger partial charge in [0, 0.05) is 11.1 Å². The molecule has 1 unspecified atom stereocenters. The van der Waals surface area contributed by atoms with Crippen LogP contribution in [-0.4, -0.2) is 30.6 Å². The molecule has 1 atom stereocenters. The van der Waals surface area contributed by atoms with Crippen molar-refractivity contribution >= 4 is 0 Å². The van der Waals surface area contributed by atoms with E-state index in [4.69, 9.17) is 0 Å². The lowest BCUT2D eigenvalue weighted by molar-refractivity contribution is 0.213. The number of phenols is 5. The third kappa shape index (κ3) is 1.31. The van der Waals surface area contributed by atoms with Crippen molar-refractivity contribution in [3.05, 3.63) is 28.8 Å². The van der Waals surface area contributed by atoms with Gasteiger partial charge in [-0.15, -0.1) is 0 Å². The summed E-state index contributed by atoms with van der Waals surface area (Å²) in [5.74, 6) is -2.77. The summed E-state index contributed by atoms with van der Waals surface area (Å²) in [5.41, 5.74) is 1.07. The van der Waals surface area contributed by atoms with Crippen molar-refractivity contribution in [1.82, 2.24) is 0 Å². The molecule has 0 saturated carbocycles. The number of aromatic hydroxyl groups is 5. The van der Waals surface area contributed by atoms with Gasteiger partial charge in [-0.05, 0) is 35.7 Å². The Hall–Kier alpha value is -2.60. The molecule has 6 N–H and O–H groups in total. The minimum Gasteiger partial charge on any atom is -0.504 e. The largest absolute Gasteiger partial charge is 0.504 e. The Balaban J connectivity index is 2.43. The van der Waals surface area contributed by atoms with E-state index in [0.29, 0.717) is 16.7 Å². The van der Waals surface area contributed by atoms with Crippen molar-refractivity contribution in [2.24, 2.45) is 0 Å². The number of rotatable bonds is 0. The van der Waals surface area contributed by atoms with Crippen LogP contribution in [0.4, 0.5) is 0 Å². The van der Waals surface area contributed by atoms with Gasteiger partial charge in [-0.1, -0.05) is 0 Å². The molecule has 0 fully saturated rings. The van der Waals surface area contributed by atoms with E-state index in [0.717, 1.165) is 0 Å². The van der Waals surface area contributed by atoms with Crippen LogP contribution in [-0.2, 0) is 0 Å². The van der Waals surface area contributed by atoms with Crippen LogP contribution in [0.5, 0.6) is 28.7 Å². The summed E-state index contributed by atoms with van der Waals surface area (Å²) < 4.78 is 0. The first-order valence-electron chi connectivity index (χ1n) is 5.86. The fourth-order valence-electron chi connectivity index (χ4n) is 2.61. The van der Waals surface area contributed by atoms with Crippen LogP contribution in [0.1, 0.15) is 22.8 Å². The van der Waals surface area contributed by atoms with Crippen molar-refractivity contribution in [1.29, 1.82) is 0 Å². The highest BCUT2D eigenvalue weighted by Gasteiger charge is 2.36. The third-order valence-corrected chi connectivity index (χ3v) is 3.63. The topological polar surface area (TPSA) is 121 Å². The number of phenolic OH excluding ortho intramolecular Hbond substituents is 5. The van der Waals surface area contributed by atoms with Gasteiger partial charge in [0.1, 0.15) is 6.10 Å². The van der Waals surface area contributed by atoms with Gasteiger partial charge in [0.2, 0.25) is 5.75 Å². The lowest BCUT2D eigenvalue weighted by atomic mass is 10.0. The molecule has 0 saturated heterocycles. The summed E-state index contributed by atoms with van der Waals surface area (Å²) in [4.78, 5) is 0. The number of aliphatic hydroxyl groups is 1. The number of aryl methyl sites for hydroxylation is 1. The zero-order chi connectivity index (χ0) is 14.8. The molecule has 3 rings (SSSR count). The SMILES string of the molecule is Cc1cc2c(c(O)c1O)C(O)c1c-2cc(O)c(O)c1O. The Morgan fingerprint density at radius 1 is 0.750 bits per heavy atom. The lowest BCUT2D eigenvalue weighted by Gasteiger charge is -2.11. The molecule has 0 heterocycles. The van der Waals surface area contributed by atoms with E-state index in [9.17, 15) is 30.6 Å². The molecule has 0 bridgehead atoms. The number of benzene rings is 2. The second kappa shape index (κ2) is 3.71. The Morgan fingerprint density at radius 3 is 1.85 bits per heavy atom. The first-order valence-corrected chi connectivity index (χ1v) is 5.86. The van der Waals surface area contributed by atoms with Crippen LogP contribution in [0, 0.1) is 6.92 Å². The quantitative estimate of drug-likeness (QED) is 0.406. The highest BCUT2D eigenvalue weighted by molar-refractivity contribution is 5.86. The van der Waals surface area contributed by atoms with Gasteiger partial charge in [0.15, 0.2) is 23.0 Å². The zero-order valence-electron chi connectivity index (χ0n) is 10.4. The molecule has 0 aromatic heterocycles. The van der Waals surface area contributed by atoms with Crippen LogP contribution in [0.3, 0.4) is 0 Å². The Labute approximate surface area is 113 Å². The van der Waals surface area contributed by atoms with Gasteiger partial charge in [0.25, 0.3) is 0 Å². The van der Waals surface area contributed by atoms with Gasteiger partial charge >= 0.3 is 0 Å². The smallest absolute Gasteiger partial charge is 0.200 e. The van der Waals surface area contributed by atoms with Gasteiger partial charge in [0.05, 0.1) is 0 Å². The minimum absolute atomic E-state index is 0.0180. The fraction of sp³-hybridized carbons (Fsp3) is 0.143. The predicted molar refractivity (Wildman–Crippen MR) is 69.0 cm³/mol. The van der Waals surface area contributed by atoms with E-state index in [-0.39, 0.29) is 16.9 Å². The van der Waals surface area contributed by atoms with Crippen LogP contribution in [0.25, 0.3) is 11.1 Å². The highest BCUT2D eigenvalue weighted by atomic mass is 16.3. The fourth-order valence-corrected chi connectivity index (χ4v) is 2.61. The standard InChI is InChI=1S/C14H12O6/c1-4-2-5-6-3-7(15)11(17)14(20)9(6)12(18)8(5)13(19)10(4)16/h2-3,12,15-20H,1H3. The van der Waals surface area contributed by atoms with Crippen LogP contribution in [0.2, 0.25) is 0 Å². The number of aliphatic hydroxyl groups excluding tert-OH is 1. The molecule has 2 aromatic carbocycles. The Bertz CT molecular complexity index is 687. The Morgan fingerprint density at radius 2 is 1.25 bits per heavy atom. The van der Waals surface area contributed by atoms with Crippen LogP contribution < -0.4 is 0 Å². The van der Waals surface area contributed by atoms with Gasteiger partial charge < -0.3 is 30.6 Å². The van der Waals surface area contributed by atoms with Crippen molar-refractivity contribution < 1.29 is 30.6 Å². The van der Waals surface area contributed by atoms with Gasteiger partial charge in [-0.25, -0.2) is 0 Å². The van der Waals surface area contributed by atoms with E-state index in [1.54, 1.807) is 6.92 Å². The van der Waals surface area contributed by atoms with Gasteiger partial charge in [-0.3, -0.25) is 0 Å². The first kappa shape index (κ1) is 12.4. The lowest BCUT2D eigenvalue weighted by Crippen LogP contribution is -1.96. The van der Waals surface area contributed by atoms with E-state index >= 15 is 0 Å². The third-order valence-electron chi connectivity index (χ3n) is 3.63. The molecule has 1 aliphatic rings. The number of hydrogen-bond acceptors (Lipinski definition) is 6. The highest BCUT2D eigenvalue weighted by Crippen LogP contribution is 2.57. The second-order valence-electron chi connectivity index (χ2n) is 4.81. The van der Waals surface area contributed by atoms with Crippen molar-refractivity contribution in [3.8, 4) is 39.9 Å². The molecule has 20 heavy (non-hydrogen) atoms. The summed E-state index contributed by atoms with van der Waals surface area (Å²) >= 11 is 0.